The van der Waals surface area contributed by atoms with Crippen LogP contribution in [0.5, 0.6) is 0 Å². The van der Waals surface area contributed by atoms with Crippen LogP contribution in [0.1, 0.15) is 37.6 Å². The molecule has 1 N–H and O–H groups in total. The zero-order valence-corrected chi connectivity index (χ0v) is 15.9. The second-order valence-electron chi connectivity index (χ2n) is 7.66. The van der Waals surface area contributed by atoms with Crippen molar-refractivity contribution in [1.29, 1.82) is 0 Å². The molecule has 0 radical (unpaired) electrons. The first-order chi connectivity index (χ1) is 14.2. The first-order valence-electron chi connectivity index (χ1n) is 9.89. The Morgan fingerprint density at radius 3 is 2.45 bits per heavy atom. The predicted molar refractivity (Wildman–Crippen MR) is 108 cm³/mol. The molecule has 2 aliphatic rings. The molecular weight excluding hydrogens is 366 g/mol. The molecule has 0 spiro atoms. The summed E-state index contributed by atoms with van der Waals surface area (Å²) >= 11 is 0. The van der Waals surface area contributed by atoms with Crippen LogP contribution in [0.2, 0.25) is 0 Å². The number of hydrogen-bond acceptors (Lipinski definition) is 5. The average molecular weight is 387 g/mol. The van der Waals surface area contributed by atoms with E-state index in [9.17, 15) is 14.7 Å². The van der Waals surface area contributed by atoms with Crippen LogP contribution < -0.4 is 0 Å². The summed E-state index contributed by atoms with van der Waals surface area (Å²) < 4.78 is 6.15. The minimum Gasteiger partial charge on any atom is -0.459 e. The maximum Gasteiger partial charge on any atom is 0.237 e. The fourth-order valence-corrected chi connectivity index (χ4v) is 4.48. The average Bonchev–Trinajstić information content (AvgIpc) is 3.15. The number of hydrogen-bond donors (Lipinski definition) is 1. The first-order valence-corrected chi connectivity index (χ1v) is 9.89. The van der Waals surface area contributed by atoms with Crippen LogP contribution in [0.15, 0.2) is 59.0 Å². The van der Waals surface area contributed by atoms with Crippen LogP contribution in [0.3, 0.4) is 0 Å². The third kappa shape index (κ3) is 2.94. The van der Waals surface area contributed by atoms with Crippen molar-refractivity contribution in [3.8, 4) is 11.3 Å². The second-order valence-corrected chi connectivity index (χ2v) is 7.66. The number of aliphatic hydroxyl groups excluding tert-OH is 1. The van der Waals surface area contributed by atoms with Gasteiger partial charge in [0.25, 0.3) is 0 Å². The Bertz CT molecular complexity index is 1100. The number of fused-ring (bicyclic) bond motifs is 5. The van der Waals surface area contributed by atoms with Crippen LogP contribution in [-0.2, 0) is 19.4 Å². The number of aliphatic hydroxyl groups is 1. The summed E-state index contributed by atoms with van der Waals surface area (Å²) in [6, 6.07) is 17.2. The summed E-state index contributed by atoms with van der Waals surface area (Å²) in [4.78, 5) is 27.5. The largest absolute Gasteiger partial charge is 0.459 e. The Morgan fingerprint density at radius 2 is 1.69 bits per heavy atom. The maximum atomic E-state index is 12.8. The van der Waals surface area contributed by atoms with Gasteiger partial charge in [-0.25, -0.2) is 0 Å². The van der Waals surface area contributed by atoms with Gasteiger partial charge in [0.15, 0.2) is 0 Å². The summed E-state index contributed by atoms with van der Waals surface area (Å²) in [5.41, 5.74) is 3.56. The number of furan rings is 1. The van der Waals surface area contributed by atoms with E-state index in [1.165, 1.54) is 5.56 Å². The fourth-order valence-electron chi connectivity index (χ4n) is 4.48. The topological polar surface area (TPSA) is 70.8 Å². The summed E-state index contributed by atoms with van der Waals surface area (Å²) in [7, 11) is 0. The molecule has 1 aromatic heterocycles. The van der Waals surface area contributed by atoms with E-state index >= 15 is 0 Å². The molecular formula is C24H21NO4. The van der Waals surface area contributed by atoms with E-state index in [1.54, 1.807) is 12.1 Å². The summed E-state index contributed by atoms with van der Waals surface area (Å²) in [6.07, 6.45) is 1.37. The highest BCUT2D eigenvalue weighted by atomic mass is 16.3. The molecule has 0 amide bonds. The zero-order chi connectivity index (χ0) is 20.0. The lowest BCUT2D eigenvalue weighted by Crippen LogP contribution is -2.42. The van der Waals surface area contributed by atoms with E-state index in [0.717, 1.165) is 17.7 Å². The van der Waals surface area contributed by atoms with E-state index in [4.69, 9.17) is 4.42 Å². The highest BCUT2D eigenvalue weighted by Gasteiger charge is 2.39. The molecule has 0 unspecified atom stereocenters. The van der Waals surface area contributed by atoms with Crippen molar-refractivity contribution in [3.63, 3.8) is 0 Å². The predicted octanol–water partition coefficient (Wildman–Crippen LogP) is 3.29. The fraction of sp³-hybridized carbons (Fsp3) is 0.250. The van der Waals surface area contributed by atoms with Gasteiger partial charge in [-0.1, -0.05) is 54.6 Å². The number of Topliss-reactive ketones (excluding diaryl/α,β-unsaturated/α-hetero) is 2. The quantitative estimate of drug-likeness (QED) is 0.696. The SMILES string of the molecule is O=C1C(=O)c2c(oc3c2CCN([C@H](CO)Cc2ccccc2)C3)-c2ccccc21. The van der Waals surface area contributed by atoms with Crippen LogP contribution in [0, 0.1) is 0 Å². The number of ketones is 2. The first kappa shape index (κ1) is 18.0. The Labute approximate surface area is 168 Å². The smallest absolute Gasteiger partial charge is 0.237 e. The molecule has 1 atom stereocenters. The number of carbonyl (C=O) groups excluding carboxylic acids is 2. The third-order valence-electron chi connectivity index (χ3n) is 5.98. The van der Waals surface area contributed by atoms with Crippen molar-refractivity contribution in [2.45, 2.75) is 25.4 Å². The molecule has 2 aromatic carbocycles. The lowest BCUT2D eigenvalue weighted by atomic mass is 9.85. The second kappa shape index (κ2) is 7.10. The molecule has 5 rings (SSSR count). The Balaban J connectivity index is 1.48. The van der Waals surface area contributed by atoms with Crippen LogP contribution >= 0.6 is 0 Å². The standard InChI is InChI=1S/C24H21NO4/c26-14-16(12-15-6-2-1-3-7-15)25-11-10-19-20(13-25)29-24-18-9-5-4-8-17(18)22(27)23(28)21(19)24/h1-9,16,26H,10-14H2/t16-/m0/s1. The number of carbonyl (C=O) groups is 2. The van der Waals surface area contributed by atoms with Gasteiger partial charge < -0.3 is 9.52 Å². The maximum absolute atomic E-state index is 12.8. The van der Waals surface area contributed by atoms with Gasteiger partial charge in [0.1, 0.15) is 11.5 Å². The molecule has 5 nitrogen and oxygen atoms in total. The molecule has 0 saturated heterocycles. The highest BCUT2D eigenvalue weighted by Crippen LogP contribution is 2.40. The minimum atomic E-state index is -0.472. The number of nitrogens with zero attached hydrogens (tertiary/aromatic N) is 1. The molecule has 5 heteroatoms. The van der Waals surface area contributed by atoms with Gasteiger partial charge in [-0.15, -0.1) is 0 Å². The molecule has 3 aromatic rings. The van der Waals surface area contributed by atoms with E-state index in [2.05, 4.69) is 17.0 Å². The minimum absolute atomic E-state index is 0.0303. The van der Waals surface area contributed by atoms with Gasteiger partial charge in [-0.2, -0.15) is 0 Å². The molecule has 1 aliphatic heterocycles. The van der Waals surface area contributed by atoms with E-state index < -0.39 is 11.6 Å². The van der Waals surface area contributed by atoms with Gasteiger partial charge in [0.2, 0.25) is 11.6 Å². The van der Waals surface area contributed by atoms with Crippen molar-refractivity contribution in [1.82, 2.24) is 4.90 Å². The van der Waals surface area contributed by atoms with Gasteiger partial charge in [-0.3, -0.25) is 14.5 Å². The monoisotopic (exact) mass is 387 g/mol. The van der Waals surface area contributed by atoms with E-state index in [-0.39, 0.29) is 12.6 Å². The van der Waals surface area contributed by atoms with Crippen LogP contribution in [0.25, 0.3) is 11.3 Å². The summed E-state index contributed by atoms with van der Waals surface area (Å²) in [5.74, 6) is 0.308. The molecule has 0 bridgehead atoms. The van der Waals surface area contributed by atoms with Gasteiger partial charge in [0, 0.05) is 29.3 Å². The number of rotatable bonds is 4. The van der Waals surface area contributed by atoms with Crippen molar-refractivity contribution in [2.75, 3.05) is 13.2 Å². The van der Waals surface area contributed by atoms with Crippen LogP contribution in [-0.4, -0.2) is 40.8 Å². The Morgan fingerprint density at radius 1 is 0.966 bits per heavy atom. The van der Waals surface area contributed by atoms with E-state index in [1.807, 2.05) is 30.3 Å². The molecule has 1 aliphatic carbocycles. The molecule has 2 heterocycles. The highest BCUT2D eigenvalue weighted by molar-refractivity contribution is 6.53. The van der Waals surface area contributed by atoms with Crippen molar-refractivity contribution < 1.29 is 19.1 Å². The lowest BCUT2D eigenvalue weighted by Gasteiger charge is -2.33. The molecule has 29 heavy (non-hydrogen) atoms. The molecule has 0 fully saturated rings. The van der Waals surface area contributed by atoms with Crippen LogP contribution in [0.4, 0.5) is 0 Å². The zero-order valence-electron chi connectivity index (χ0n) is 15.9. The van der Waals surface area contributed by atoms with Gasteiger partial charge in [0.05, 0.1) is 18.7 Å². The lowest BCUT2D eigenvalue weighted by molar-refractivity contribution is 0.0813. The van der Waals surface area contributed by atoms with Gasteiger partial charge >= 0.3 is 0 Å². The Hall–Kier alpha value is -3.02. The molecule has 0 saturated carbocycles. The summed E-state index contributed by atoms with van der Waals surface area (Å²) in [5, 5.41) is 9.99. The van der Waals surface area contributed by atoms with Gasteiger partial charge in [-0.05, 0) is 18.4 Å². The third-order valence-corrected chi connectivity index (χ3v) is 5.98. The Kier molecular flexibility index (Phi) is 4.42. The van der Waals surface area contributed by atoms with E-state index in [0.29, 0.717) is 42.0 Å². The van der Waals surface area contributed by atoms with Crippen molar-refractivity contribution in [2.24, 2.45) is 0 Å². The summed E-state index contributed by atoms with van der Waals surface area (Å²) in [6.45, 7) is 1.27. The normalized spacial score (nSPS) is 16.9. The van der Waals surface area contributed by atoms with Crippen molar-refractivity contribution >= 4 is 11.6 Å². The van der Waals surface area contributed by atoms with Crippen molar-refractivity contribution in [3.05, 3.63) is 82.6 Å². The molecule has 146 valence electrons. The number of benzene rings is 2.